The lowest BCUT2D eigenvalue weighted by Gasteiger charge is -2.11. The van der Waals surface area contributed by atoms with Gasteiger partial charge in [-0.25, -0.2) is 9.59 Å². The fourth-order valence-corrected chi connectivity index (χ4v) is 4.70. The maximum absolute atomic E-state index is 11.0. The molecule has 166 valence electrons. The van der Waals surface area contributed by atoms with E-state index in [0.29, 0.717) is 19.0 Å². The number of hydrogen-bond donors (Lipinski definition) is 1. The van der Waals surface area contributed by atoms with Crippen molar-refractivity contribution in [3.8, 4) is 5.75 Å². The Kier molecular flexibility index (Phi) is 13.9. The first-order valence-electron chi connectivity index (χ1n) is 10.2. The molecule has 5 nitrogen and oxygen atoms in total. The molecule has 1 aromatic carbocycles. The second kappa shape index (κ2) is 15.9. The van der Waals surface area contributed by atoms with Crippen LogP contribution in [-0.4, -0.2) is 41.8 Å². The summed E-state index contributed by atoms with van der Waals surface area (Å²) < 4.78 is 9.92. The van der Waals surface area contributed by atoms with Crippen molar-refractivity contribution < 1.29 is 24.2 Å². The number of phenolic OH excluding ortho intramolecular Hbond substituents is 1. The van der Waals surface area contributed by atoms with Crippen LogP contribution in [0.1, 0.15) is 44.1 Å². The first-order valence-corrected chi connectivity index (χ1v) is 12.1. The third-order valence-corrected chi connectivity index (χ3v) is 6.34. The molecule has 0 amide bonds. The highest BCUT2D eigenvalue weighted by Gasteiger charge is 2.08. The molecule has 0 unspecified atom stereocenters. The number of ether oxygens (including phenoxy) is 2. The van der Waals surface area contributed by atoms with E-state index in [2.05, 4.69) is 19.2 Å². The van der Waals surface area contributed by atoms with Crippen LogP contribution in [0.2, 0.25) is 0 Å². The first kappa shape index (κ1) is 26.2. The third-order valence-electron chi connectivity index (χ3n) is 4.16. The molecule has 0 bridgehead atoms. The van der Waals surface area contributed by atoms with Gasteiger partial charge < -0.3 is 14.6 Å². The van der Waals surface area contributed by atoms with Gasteiger partial charge in [-0.3, -0.25) is 0 Å². The number of hydrogen-bond acceptors (Lipinski definition) is 7. The van der Waals surface area contributed by atoms with E-state index in [-0.39, 0.29) is 11.9 Å². The van der Waals surface area contributed by atoms with Crippen molar-refractivity contribution in [1.82, 2.24) is 0 Å². The van der Waals surface area contributed by atoms with E-state index in [9.17, 15) is 14.7 Å². The second-order valence-electron chi connectivity index (χ2n) is 6.65. The Morgan fingerprint density at radius 3 is 1.97 bits per heavy atom. The zero-order valence-corrected chi connectivity index (χ0v) is 19.3. The SMILES string of the molecule is C=CC(=O)OCCCCCSc1cc(C)c(O)c(SCCCCCOC(=O)C=C)c1. The molecule has 0 aliphatic heterocycles. The Bertz CT molecular complexity index is 703. The molecule has 0 saturated heterocycles. The molecule has 0 fully saturated rings. The molecule has 30 heavy (non-hydrogen) atoms. The van der Waals surface area contributed by atoms with E-state index in [1.165, 1.54) is 12.2 Å². The van der Waals surface area contributed by atoms with Crippen LogP contribution in [0.25, 0.3) is 0 Å². The molecule has 1 N–H and O–H groups in total. The summed E-state index contributed by atoms with van der Waals surface area (Å²) in [7, 11) is 0. The van der Waals surface area contributed by atoms with Crippen molar-refractivity contribution in [2.45, 2.75) is 55.2 Å². The van der Waals surface area contributed by atoms with Crippen LogP contribution >= 0.6 is 23.5 Å². The summed E-state index contributed by atoms with van der Waals surface area (Å²) >= 11 is 3.43. The number of carbonyl (C=O) groups is 2. The number of benzene rings is 1. The van der Waals surface area contributed by atoms with Gasteiger partial charge in [-0.15, -0.1) is 23.5 Å². The molecule has 0 atom stereocenters. The molecule has 0 radical (unpaired) electrons. The fraction of sp³-hybridized carbons (Fsp3) is 0.478. The predicted octanol–water partition coefficient (Wildman–Crippen LogP) is 5.68. The van der Waals surface area contributed by atoms with Crippen molar-refractivity contribution in [3.63, 3.8) is 0 Å². The summed E-state index contributed by atoms with van der Waals surface area (Å²) in [5.41, 5.74) is 0.884. The van der Waals surface area contributed by atoms with E-state index in [4.69, 9.17) is 9.47 Å². The molecule has 1 rings (SSSR count). The lowest BCUT2D eigenvalue weighted by molar-refractivity contribution is -0.138. The monoisotopic (exact) mass is 452 g/mol. The minimum atomic E-state index is -0.379. The van der Waals surface area contributed by atoms with Crippen LogP contribution in [0, 0.1) is 6.92 Å². The molecule has 0 spiro atoms. The van der Waals surface area contributed by atoms with Gasteiger partial charge in [0.2, 0.25) is 0 Å². The smallest absolute Gasteiger partial charge is 0.330 e. The molecule has 0 heterocycles. The van der Waals surface area contributed by atoms with E-state index in [1.807, 2.05) is 13.0 Å². The summed E-state index contributed by atoms with van der Waals surface area (Å²) in [5, 5.41) is 10.3. The van der Waals surface area contributed by atoms with Crippen molar-refractivity contribution in [2.24, 2.45) is 0 Å². The lowest BCUT2D eigenvalue weighted by Crippen LogP contribution is -2.01. The highest BCUT2D eigenvalue weighted by molar-refractivity contribution is 8.00. The van der Waals surface area contributed by atoms with E-state index >= 15 is 0 Å². The highest BCUT2D eigenvalue weighted by Crippen LogP contribution is 2.36. The summed E-state index contributed by atoms with van der Waals surface area (Å²) in [4.78, 5) is 24.0. The third kappa shape index (κ3) is 11.4. The van der Waals surface area contributed by atoms with Crippen LogP contribution in [0.15, 0.2) is 47.2 Å². The number of aryl methyl sites for hydroxylation is 1. The zero-order valence-electron chi connectivity index (χ0n) is 17.7. The Morgan fingerprint density at radius 2 is 1.43 bits per heavy atom. The Hall–Kier alpha value is -1.86. The van der Waals surface area contributed by atoms with Gasteiger partial charge in [-0.2, -0.15) is 0 Å². The van der Waals surface area contributed by atoms with Crippen molar-refractivity contribution >= 4 is 35.5 Å². The minimum Gasteiger partial charge on any atom is -0.507 e. The van der Waals surface area contributed by atoms with Crippen LogP contribution in [0.3, 0.4) is 0 Å². The highest BCUT2D eigenvalue weighted by atomic mass is 32.2. The van der Waals surface area contributed by atoms with Crippen molar-refractivity contribution in [2.75, 3.05) is 24.7 Å². The quantitative estimate of drug-likeness (QED) is 0.150. The maximum atomic E-state index is 11.0. The van der Waals surface area contributed by atoms with E-state index < -0.39 is 0 Å². The first-order chi connectivity index (χ1) is 14.5. The summed E-state index contributed by atoms with van der Waals surface area (Å²) in [6, 6.07) is 4.07. The Labute approximate surface area is 188 Å². The number of aromatic hydroxyl groups is 1. The summed E-state index contributed by atoms with van der Waals surface area (Å²) in [6.07, 6.45) is 8.02. The lowest BCUT2D eigenvalue weighted by atomic mass is 10.2. The van der Waals surface area contributed by atoms with Crippen LogP contribution < -0.4 is 0 Å². The number of thioether (sulfide) groups is 2. The molecular weight excluding hydrogens is 420 g/mol. The summed E-state index contributed by atoms with van der Waals surface area (Å²) in [6.45, 7) is 9.51. The molecule has 0 aliphatic rings. The van der Waals surface area contributed by atoms with Crippen LogP contribution in [0.5, 0.6) is 5.75 Å². The number of rotatable bonds is 16. The zero-order chi connectivity index (χ0) is 22.2. The largest absolute Gasteiger partial charge is 0.507 e. The normalized spacial score (nSPS) is 10.4. The second-order valence-corrected chi connectivity index (χ2v) is 8.95. The minimum absolute atomic E-state index is 0.355. The topological polar surface area (TPSA) is 72.8 Å². The molecular formula is C23H32O5S2. The van der Waals surface area contributed by atoms with E-state index in [0.717, 1.165) is 65.4 Å². The number of esters is 2. The molecule has 1 aromatic rings. The number of carbonyl (C=O) groups excluding carboxylic acids is 2. The molecule has 0 aromatic heterocycles. The van der Waals surface area contributed by atoms with Gasteiger partial charge in [0, 0.05) is 17.0 Å². The van der Waals surface area contributed by atoms with Gasteiger partial charge in [0.1, 0.15) is 5.75 Å². The average molecular weight is 453 g/mol. The Balaban J connectivity index is 2.28. The van der Waals surface area contributed by atoms with Gasteiger partial charge in [-0.1, -0.05) is 13.2 Å². The van der Waals surface area contributed by atoms with Gasteiger partial charge in [-0.05, 0) is 74.7 Å². The predicted molar refractivity (Wildman–Crippen MR) is 124 cm³/mol. The van der Waals surface area contributed by atoms with Gasteiger partial charge in [0.05, 0.1) is 18.1 Å². The standard InChI is InChI=1S/C23H32O5S2/c1-4-21(24)27-12-8-6-10-14-29-19-16-18(3)23(26)20(17-19)30-15-11-7-9-13-28-22(25)5-2/h4-5,16-17,26H,1-2,6-15H2,3H3. The molecule has 0 aliphatic carbocycles. The summed E-state index contributed by atoms with van der Waals surface area (Å²) in [5.74, 6) is 1.49. The van der Waals surface area contributed by atoms with Gasteiger partial charge >= 0.3 is 11.9 Å². The van der Waals surface area contributed by atoms with Gasteiger partial charge in [0.25, 0.3) is 0 Å². The number of phenols is 1. The molecule has 7 heteroatoms. The van der Waals surface area contributed by atoms with Crippen molar-refractivity contribution in [1.29, 1.82) is 0 Å². The van der Waals surface area contributed by atoms with Crippen molar-refractivity contribution in [3.05, 3.63) is 43.0 Å². The van der Waals surface area contributed by atoms with Crippen LogP contribution in [0.4, 0.5) is 0 Å². The Morgan fingerprint density at radius 1 is 0.900 bits per heavy atom. The van der Waals surface area contributed by atoms with Crippen LogP contribution in [-0.2, 0) is 19.1 Å². The van der Waals surface area contributed by atoms with Gasteiger partial charge in [0.15, 0.2) is 0 Å². The average Bonchev–Trinajstić information content (AvgIpc) is 2.74. The number of unbranched alkanes of at least 4 members (excludes halogenated alkanes) is 4. The maximum Gasteiger partial charge on any atom is 0.330 e. The van der Waals surface area contributed by atoms with E-state index in [1.54, 1.807) is 23.5 Å². The molecule has 0 saturated carbocycles. The fourth-order valence-electron chi connectivity index (χ4n) is 2.51.